The molecule has 5 heteroatoms. The minimum Gasteiger partial charge on any atom is -0.313 e. The lowest BCUT2D eigenvalue weighted by atomic mass is 10.1. The highest BCUT2D eigenvalue weighted by Crippen LogP contribution is 2.29. The second-order valence-corrected chi connectivity index (χ2v) is 5.30. The molecule has 1 heterocycles. The lowest BCUT2D eigenvalue weighted by Crippen LogP contribution is -2.13. The van der Waals surface area contributed by atoms with E-state index in [1.807, 2.05) is 30.1 Å². The predicted molar refractivity (Wildman–Crippen MR) is 80.7 cm³/mol. The number of benzene rings is 1. The van der Waals surface area contributed by atoms with Gasteiger partial charge < -0.3 is 5.32 Å². The summed E-state index contributed by atoms with van der Waals surface area (Å²) in [6, 6.07) is 5.60. The Bertz CT molecular complexity index is 564. The largest absolute Gasteiger partial charge is 0.313 e. The standard InChI is InChI=1S/C14H17Cl2N3/c1-3-6-17-8-11-9-19(2)18-14(11)10-4-5-12(15)13(16)7-10/h4-5,7,9,17H,3,6,8H2,1-2H3. The van der Waals surface area contributed by atoms with Gasteiger partial charge in [0.2, 0.25) is 0 Å². The second-order valence-electron chi connectivity index (χ2n) is 4.48. The summed E-state index contributed by atoms with van der Waals surface area (Å²) in [6.07, 6.45) is 3.14. The highest BCUT2D eigenvalue weighted by Gasteiger charge is 2.11. The Hall–Kier alpha value is -1.03. The van der Waals surface area contributed by atoms with Gasteiger partial charge in [-0.15, -0.1) is 0 Å². The number of nitrogens with one attached hydrogen (secondary N) is 1. The van der Waals surface area contributed by atoms with Crippen LogP contribution in [0.25, 0.3) is 11.3 Å². The van der Waals surface area contributed by atoms with Crippen molar-refractivity contribution in [1.29, 1.82) is 0 Å². The first-order valence-electron chi connectivity index (χ1n) is 6.30. The molecule has 3 nitrogen and oxygen atoms in total. The molecule has 0 radical (unpaired) electrons. The zero-order valence-corrected chi connectivity index (χ0v) is 12.6. The fourth-order valence-corrected chi connectivity index (χ4v) is 2.25. The summed E-state index contributed by atoms with van der Waals surface area (Å²) in [6.45, 7) is 3.95. The molecule has 0 unspecified atom stereocenters. The van der Waals surface area contributed by atoms with Gasteiger partial charge in [-0.2, -0.15) is 5.10 Å². The molecule has 0 amide bonds. The van der Waals surface area contributed by atoms with Crippen LogP contribution in [0.1, 0.15) is 18.9 Å². The van der Waals surface area contributed by atoms with Crippen molar-refractivity contribution in [2.75, 3.05) is 6.54 Å². The van der Waals surface area contributed by atoms with E-state index >= 15 is 0 Å². The van der Waals surface area contributed by atoms with Gasteiger partial charge in [-0.3, -0.25) is 4.68 Å². The summed E-state index contributed by atoms with van der Waals surface area (Å²) in [5.41, 5.74) is 3.10. The Labute approximate surface area is 123 Å². The molecular weight excluding hydrogens is 281 g/mol. The molecule has 0 aliphatic rings. The maximum absolute atomic E-state index is 6.07. The van der Waals surface area contributed by atoms with Gasteiger partial charge in [0, 0.05) is 30.9 Å². The van der Waals surface area contributed by atoms with Crippen LogP contribution < -0.4 is 5.32 Å². The molecular formula is C14H17Cl2N3. The maximum Gasteiger partial charge on any atom is 0.0968 e. The minimum atomic E-state index is 0.553. The van der Waals surface area contributed by atoms with Crippen LogP contribution in [0.5, 0.6) is 0 Å². The molecule has 0 fully saturated rings. The smallest absolute Gasteiger partial charge is 0.0968 e. The number of hydrogen-bond acceptors (Lipinski definition) is 2. The number of aromatic nitrogens is 2. The third-order valence-electron chi connectivity index (χ3n) is 2.84. The average molecular weight is 298 g/mol. The number of rotatable bonds is 5. The normalized spacial score (nSPS) is 10.9. The van der Waals surface area contributed by atoms with Crippen LogP contribution in [0.4, 0.5) is 0 Å². The molecule has 19 heavy (non-hydrogen) atoms. The molecule has 0 spiro atoms. The van der Waals surface area contributed by atoms with Gasteiger partial charge >= 0.3 is 0 Å². The van der Waals surface area contributed by atoms with Crippen molar-refractivity contribution in [2.24, 2.45) is 7.05 Å². The Morgan fingerprint density at radius 1 is 1.26 bits per heavy atom. The number of aryl methyl sites for hydroxylation is 1. The molecule has 0 atom stereocenters. The zero-order chi connectivity index (χ0) is 13.8. The lowest BCUT2D eigenvalue weighted by Gasteiger charge is -2.05. The first-order chi connectivity index (χ1) is 9.11. The Morgan fingerprint density at radius 2 is 2.05 bits per heavy atom. The molecule has 1 aromatic carbocycles. The fourth-order valence-electron chi connectivity index (χ4n) is 1.95. The highest BCUT2D eigenvalue weighted by molar-refractivity contribution is 6.42. The van der Waals surface area contributed by atoms with Gasteiger partial charge in [-0.05, 0) is 25.1 Å². The molecule has 0 bridgehead atoms. The summed E-state index contributed by atoms with van der Waals surface area (Å²) < 4.78 is 1.82. The van der Waals surface area contributed by atoms with E-state index in [1.165, 1.54) is 0 Å². The van der Waals surface area contributed by atoms with E-state index in [1.54, 1.807) is 6.07 Å². The van der Waals surface area contributed by atoms with Crippen LogP contribution in [0.15, 0.2) is 24.4 Å². The van der Waals surface area contributed by atoms with E-state index in [-0.39, 0.29) is 0 Å². The molecule has 1 N–H and O–H groups in total. The van der Waals surface area contributed by atoms with E-state index in [2.05, 4.69) is 17.3 Å². The van der Waals surface area contributed by atoms with Crippen molar-refractivity contribution in [3.8, 4) is 11.3 Å². The topological polar surface area (TPSA) is 29.9 Å². The van der Waals surface area contributed by atoms with Gasteiger partial charge in [0.25, 0.3) is 0 Å². The summed E-state index contributed by atoms with van der Waals surface area (Å²) in [5, 5.41) is 9.01. The van der Waals surface area contributed by atoms with Crippen LogP contribution in [0.2, 0.25) is 10.0 Å². The molecule has 102 valence electrons. The predicted octanol–water partition coefficient (Wildman–Crippen LogP) is 3.89. The van der Waals surface area contributed by atoms with Crippen LogP contribution in [0.3, 0.4) is 0 Å². The fraction of sp³-hybridized carbons (Fsp3) is 0.357. The van der Waals surface area contributed by atoms with Crippen LogP contribution >= 0.6 is 23.2 Å². The molecule has 0 aliphatic heterocycles. The first kappa shape index (κ1) is 14.4. The summed E-state index contributed by atoms with van der Waals surface area (Å²) >= 11 is 12.0. The van der Waals surface area contributed by atoms with Gasteiger partial charge in [-0.1, -0.05) is 36.2 Å². The van der Waals surface area contributed by atoms with E-state index < -0.39 is 0 Å². The van der Waals surface area contributed by atoms with E-state index in [0.29, 0.717) is 10.0 Å². The molecule has 2 rings (SSSR count). The van der Waals surface area contributed by atoms with Crippen molar-refractivity contribution in [3.63, 3.8) is 0 Å². The number of halogens is 2. The van der Waals surface area contributed by atoms with Gasteiger partial charge in [0.15, 0.2) is 0 Å². The molecule has 0 aliphatic carbocycles. The summed E-state index contributed by atoms with van der Waals surface area (Å²) in [5.74, 6) is 0. The van der Waals surface area contributed by atoms with Crippen LogP contribution in [-0.4, -0.2) is 16.3 Å². The first-order valence-corrected chi connectivity index (χ1v) is 7.06. The third kappa shape index (κ3) is 3.50. The zero-order valence-electron chi connectivity index (χ0n) is 11.1. The van der Waals surface area contributed by atoms with E-state index in [9.17, 15) is 0 Å². The third-order valence-corrected chi connectivity index (χ3v) is 3.58. The lowest BCUT2D eigenvalue weighted by molar-refractivity contribution is 0.675. The SMILES string of the molecule is CCCNCc1cn(C)nc1-c1ccc(Cl)c(Cl)c1. The molecule has 2 aromatic rings. The quantitative estimate of drug-likeness (QED) is 0.849. The Balaban J connectivity index is 2.29. The average Bonchev–Trinajstić information content (AvgIpc) is 2.74. The maximum atomic E-state index is 6.07. The van der Waals surface area contributed by atoms with Gasteiger partial charge in [-0.25, -0.2) is 0 Å². The second kappa shape index (κ2) is 6.42. The summed E-state index contributed by atoms with van der Waals surface area (Å²) in [4.78, 5) is 0. The molecule has 0 saturated heterocycles. The van der Waals surface area contributed by atoms with Crippen LogP contribution in [0, 0.1) is 0 Å². The van der Waals surface area contributed by atoms with E-state index in [0.717, 1.165) is 36.3 Å². The Morgan fingerprint density at radius 3 is 2.74 bits per heavy atom. The monoisotopic (exact) mass is 297 g/mol. The van der Waals surface area contributed by atoms with Crippen molar-refractivity contribution in [1.82, 2.24) is 15.1 Å². The van der Waals surface area contributed by atoms with Gasteiger partial charge in [0.1, 0.15) is 0 Å². The van der Waals surface area contributed by atoms with Crippen molar-refractivity contribution in [2.45, 2.75) is 19.9 Å². The molecule has 1 aromatic heterocycles. The van der Waals surface area contributed by atoms with Gasteiger partial charge in [0.05, 0.1) is 15.7 Å². The van der Waals surface area contributed by atoms with Crippen molar-refractivity contribution >= 4 is 23.2 Å². The van der Waals surface area contributed by atoms with Crippen molar-refractivity contribution in [3.05, 3.63) is 40.0 Å². The minimum absolute atomic E-state index is 0.553. The highest BCUT2D eigenvalue weighted by atomic mass is 35.5. The Kier molecular flexibility index (Phi) is 4.86. The van der Waals surface area contributed by atoms with Crippen molar-refractivity contribution < 1.29 is 0 Å². The number of hydrogen-bond donors (Lipinski definition) is 1. The number of nitrogens with zero attached hydrogens (tertiary/aromatic N) is 2. The summed E-state index contributed by atoms with van der Waals surface area (Å²) in [7, 11) is 1.92. The van der Waals surface area contributed by atoms with Crippen LogP contribution in [-0.2, 0) is 13.6 Å². The van der Waals surface area contributed by atoms with E-state index in [4.69, 9.17) is 23.2 Å². The molecule has 0 saturated carbocycles.